The number of amides is 2. The standard InChI is InChI=1S/C20H21N3O5S2/c1-22(2)30(26,27)17-12-13(8-9-15(17)28-3)21-19(25)20-11-10-18(24)23(20)14-6-4-5-7-16(14)29-20/h4-9,12H,10-11H2,1-3H3,(H,21,25). The molecule has 8 nitrogen and oxygen atoms in total. The van der Waals surface area contributed by atoms with Crippen molar-refractivity contribution in [3.63, 3.8) is 0 Å². The van der Waals surface area contributed by atoms with Gasteiger partial charge in [-0.05, 0) is 36.8 Å². The van der Waals surface area contributed by atoms with Gasteiger partial charge >= 0.3 is 0 Å². The Morgan fingerprint density at radius 2 is 1.97 bits per heavy atom. The average Bonchev–Trinajstić information content (AvgIpc) is 3.23. The van der Waals surface area contributed by atoms with Gasteiger partial charge in [-0.1, -0.05) is 23.9 Å². The molecular formula is C20H21N3O5S2. The smallest absolute Gasteiger partial charge is 0.261 e. The number of para-hydroxylation sites is 1. The number of rotatable bonds is 5. The van der Waals surface area contributed by atoms with Gasteiger partial charge in [-0.2, -0.15) is 0 Å². The van der Waals surface area contributed by atoms with Gasteiger partial charge in [0.2, 0.25) is 15.9 Å². The van der Waals surface area contributed by atoms with Crippen molar-refractivity contribution in [3.8, 4) is 5.75 Å². The maximum absolute atomic E-state index is 13.4. The molecule has 1 atom stereocenters. The largest absolute Gasteiger partial charge is 0.495 e. The number of sulfonamides is 1. The van der Waals surface area contributed by atoms with E-state index in [1.807, 2.05) is 24.3 Å². The molecule has 1 N–H and O–H groups in total. The van der Waals surface area contributed by atoms with Crippen LogP contribution in [0.1, 0.15) is 12.8 Å². The maximum Gasteiger partial charge on any atom is 0.261 e. The van der Waals surface area contributed by atoms with Crippen molar-refractivity contribution in [3.05, 3.63) is 42.5 Å². The molecule has 1 saturated heterocycles. The number of anilines is 2. The minimum atomic E-state index is -3.78. The van der Waals surface area contributed by atoms with Crippen LogP contribution in [0.5, 0.6) is 5.75 Å². The Hall–Kier alpha value is -2.56. The molecule has 0 bridgehead atoms. The third kappa shape index (κ3) is 3.06. The maximum atomic E-state index is 13.4. The molecule has 30 heavy (non-hydrogen) atoms. The minimum absolute atomic E-state index is 0.0491. The number of methoxy groups -OCH3 is 1. The summed E-state index contributed by atoms with van der Waals surface area (Å²) in [4.78, 5) is 27.2. The summed E-state index contributed by atoms with van der Waals surface area (Å²) in [6.45, 7) is 0. The number of carbonyl (C=O) groups is 2. The molecule has 1 unspecified atom stereocenters. The van der Waals surface area contributed by atoms with E-state index in [2.05, 4.69) is 5.32 Å². The number of hydrogen-bond donors (Lipinski definition) is 1. The molecule has 2 aromatic rings. The molecule has 2 aromatic carbocycles. The molecule has 0 saturated carbocycles. The van der Waals surface area contributed by atoms with Crippen LogP contribution < -0.4 is 15.0 Å². The van der Waals surface area contributed by atoms with E-state index in [4.69, 9.17) is 4.74 Å². The van der Waals surface area contributed by atoms with Gasteiger partial charge in [-0.25, -0.2) is 12.7 Å². The van der Waals surface area contributed by atoms with Crippen molar-refractivity contribution in [2.45, 2.75) is 27.5 Å². The van der Waals surface area contributed by atoms with E-state index in [0.29, 0.717) is 12.1 Å². The lowest BCUT2D eigenvalue weighted by Gasteiger charge is -2.29. The SMILES string of the molecule is COc1ccc(NC(=O)C23CCC(=O)N2c2ccccc2S3)cc1S(=O)(=O)N(C)C. The van der Waals surface area contributed by atoms with Gasteiger partial charge < -0.3 is 10.1 Å². The number of ether oxygens (including phenoxy) is 1. The molecule has 2 heterocycles. The lowest BCUT2D eigenvalue weighted by molar-refractivity contribution is -0.121. The number of hydrogen-bond acceptors (Lipinski definition) is 6. The average molecular weight is 448 g/mol. The fourth-order valence-electron chi connectivity index (χ4n) is 3.68. The first-order valence-electron chi connectivity index (χ1n) is 9.24. The van der Waals surface area contributed by atoms with Gasteiger partial charge in [0, 0.05) is 31.1 Å². The number of fused-ring (bicyclic) bond motifs is 3. The summed E-state index contributed by atoms with van der Waals surface area (Å²) >= 11 is 1.35. The van der Waals surface area contributed by atoms with Crippen LogP contribution in [0.3, 0.4) is 0 Å². The quantitative estimate of drug-likeness (QED) is 0.757. The van der Waals surface area contributed by atoms with Gasteiger partial charge in [-0.3, -0.25) is 14.5 Å². The van der Waals surface area contributed by atoms with Gasteiger partial charge in [-0.15, -0.1) is 0 Å². The van der Waals surface area contributed by atoms with Crippen LogP contribution in [0, 0.1) is 0 Å². The topological polar surface area (TPSA) is 96.0 Å². The summed E-state index contributed by atoms with van der Waals surface area (Å²) in [6, 6.07) is 11.9. The number of thioether (sulfide) groups is 1. The third-order valence-electron chi connectivity index (χ3n) is 5.21. The van der Waals surface area contributed by atoms with Crippen molar-refractivity contribution >= 4 is 45.0 Å². The summed E-state index contributed by atoms with van der Waals surface area (Å²) in [5, 5.41) is 2.81. The summed E-state index contributed by atoms with van der Waals surface area (Å²) in [5.74, 6) is -0.290. The lowest BCUT2D eigenvalue weighted by atomic mass is 10.1. The minimum Gasteiger partial charge on any atom is -0.495 e. The molecule has 2 aliphatic rings. The zero-order valence-electron chi connectivity index (χ0n) is 16.7. The van der Waals surface area contributed by atoms with Crippen molar-refractivity contribution < 1.29 is 22.7 Å². The molecule has 2 amide bonds. The van der Waals surface area contributed by atoms with Crippen LogP contribution in [0.25, 0.3) is 0 Å². The first-order valence-corrected chi connectivity index (χ1v) is 11.5. The molecule has 10 heteroatoms. The van der Waals surface area contributed by atoms with E-state index < -0.39 is 14.9 Å². The molecule has 1 fully saturated rings. The molecule has 158 valence electrons. The van der Waals surface area contributed by atoms with E-state index >= 15 is 0 Å². The summed E-state index contributed by atoms with van der Waals surface area (Å²) in [5.41, 5.74) is 1.04. The van der Waals surface area contributed by atoms with Gasteiger partial charge in [0.05, 0.1) is 12.8 Å². The van der Waals surface area contributed by atoms with Crippen LogP contribution in [0.4, 0.5) is 11.4 Å². The van der Waals surface area contributed by atoms with E-state index in [1.54, 1.807) is 11.0 Å². The van der Waals surface area contributed by atoms with Gasteiger partial charge in [0.1, 0.15) is 10.6 Å². The highest BCUT2D eigenvalue weighted by Gasteiger charge is 2.57. The zero-order chi connectivity index (χ0) is 21.7. The highest BCUT2D eigenvalue weighted by atomic mass is 32.2. The van der Waals surface area contributed by atoms with Crippen LogP contribution in [-0.2, 0) is 19.6 Å². The highest BCUT2D eigenvalue weighted by Crippen LogP contribution is 2.56. The lowest BCUT2D eigenvalue weighted by Crippen LogP contribution is -2.49. The first-order chi connectivity index (χ1) is 14.2. The second-order valence-corrected chi connectivity index (χ2v) is 10.6. The molecular weight excluding hydrogens is 426 g/mol. The van der Waals surface area contributed by atoms with Crippen LogP contribution in [0.2, 0.25) is 0 Å². The normalized spacial score (nSPS) is 20.3. The molecule has 2 aliphatic heterocycles. The Morgan fingerprint density at radius 3 is 2.67 bits per heavy atom. The fraction of sp³-hybridized carbons (Fsp3) is 0.300. The number of benzene rings is 2. The molecule has 0 spiro atoms. The van der Waals surface area contributed by atoms with Crippen molar-refractivity contribution in [2.24, 2.45) is 0 Å². The van der Waals surface area contributed by atoms with E-state index in [0.717, 1.165) is 14.9 Å². The monoisotopic (exact) mass is 447 g/mol. The van der Waals surface area contributed by atoms with Crippen molar-refractivity contribution in [1.29, 1.82) is 0 Å². The Morgan fingerprint density at radius 1 is 1.23 bits per heavy atom. The Bertz CT molecular complexity index is 1150. The predicted octanol–water partition coefficient (Wildman–Crippen LogP) is 2.51. The van der Waals surface area contributed by atoms with Crippen LogP contribution >= 0.6 is 11.8 Å². The highest BCUT2D eigenvalue weighted by molar-refractivity contribution is 8.02. The van der Waals surface area contributed by atoms with Crippen LogP contribution in [0.15, 0.2) is 52.3 Å². The second kappa shape index (κ2) is 7.29. The Labute approximate surface area is 179 Å². The van der Waals surface area contributed by atoms with E-state index in [9.17, 15) is 18.0 Å². The van der Waals surface area contributed by atoms with E-state index in [-0.39, 0.29) is 28.9 Å². The fourth-order valence-corrected chi connectivity index (χ4v) is 6.17. The molecule has 0 aromatic heterocycles. The molecule has 0 aliphatic carbocycles. The second-order valence-electron chi connectivity index (χ2n) is 7.19. The summed E-state index contributed by atoms with van der Waals surface area (Å²) in [6.07, 6.45) is 0.646. The van der Waals surface area contributed by atoms with E-state index in [1.165, 1.54) is 45.1 Å². The number of nitrogens with one attached hydrogen (secondary N) is 1. The predicted molar refractivity (Wildman–Crippen MR) is 114 cm³/mol. The third-order valence-corrected chi connectivity index (χ3v) is 8.52. The van der Waals surface area contributed by atoms with Crippen LogP contribution in [-0.4, -0.2) is 50.6 Å². The number of nitrogens with zero attached hydrogens (tertiary/aromatic N) is 2. The number of carbonyl (C=O) groups excluding carboxylic acids is 2. The molecule has 4 rings (SSSR count). The van der Waals surface area contributed by atoms with Crippen molar-refractivity contribution in [1.82, 2.24) is 4.31 Å². The first kappa shape index (κ1) is 20.7. The molecule has 0 radical (unpaired) electrons. The Balaban J connectivity index is 1.69. The zero-order valence-corrected chi connectivity index (χ0v) is 18.3. The summed E-state index contributed by atoms with van der Waals surface area (Å²) < 4.78 is 31.6. The summed E-state index contributed by atoms with van der Waals surface area (Å²) in [7, 11) is 0.451. The van der Waals surface area contributed by atoms with Gasteiger partial charge in [0.15, 0.2) is 4.87 Å². The Kier molecular flexibility index (Phi) is 5.03. The van der Waals surface area contributed by atoms with Crippen molar-refractivity contribution in [2.75, 3.05) is 31.4 Å². The van der Waals surface area contributed by atoms with Gasteiger partial charge in [0.25, 0.3) is 5.91 Å².